The Labute approximate surface area is 138 Å². The van der Waals surface area contributed by atoms with Gasteiger partial charge in [0.2, 0.25) is 10.0 Å². The van der Waals surface area contributed by atoms with Crippen molar-refractivity contribution in [2.24, 2.45) is 4.99 Å². The van der Waals surface area contributed by atoms with Crippen LogP contribution in [0.1, 0.15) is 26.7 Å². The smallest absolute Gasteiger partial charge is 0.214 e. The lowest BCUT2D eigenvalue weighted by Gasteiger charge is -2.34. The van der Waals surface area contributed by atoms with Gasteiger partial charge in [0, 0.05) is 43.7 Å². The van der Waals surface area contributed by atoms with Gasteiger partial charge in [0.15, 0.2) is 5.96 Å². The molecule has 0 radical (unpaired) electrons. The second-order valence-electron chi connectivity index (χ2n) is 5.65. The highest BCUT2D eigenvalue weighted by Crippen LogP contribution is 2.21. The molecule has 1 N–H and O–H groups in total. The fourth-order valence-corrected chi connectivity index (χ4v) is 5.49. The lowest BCUT2D eigenvalue weighted by molar-refractivity contribution is 0.405. The van der Waals surface area contributed by atoms with Crippen molar-refractivity contribution < 1.29 is 8.42 Å². The molecule has 8 heteroatoms. The van der Waals surface area contributed by atoms with Gasteiger partial charge in [-0.05, 0) is 19.8 Å². The van der Waals surface area contributed by atoms with Crippen LogP contribution >= 0.6 is 11.8 Å². The molecule has 2 aliphatic rings. The number of thioether (sulfide) groups is 1. The standard InChI is InChI=1S/C14H28N4O2S2/c1-3-13-12-17(9-10-21-13)14(15-4-2)16-6-8-18-7-5-11-22(18,19)20/h13H,3-12H2,1-2H3,(H,15,16). The van der Waals surface area contributed by atoms with Crippen LogP contribution in [0, 0.1) is 0 Å². The Morgan fingerprint density at radius 1 is 1.36 bits per heavy atom. The van der Waals surface area contributed by atoms with Crippen LogP contribution in [-0.2, 0) is 10.0 Å². The molecule has 0 amide bonds. The van der Waals surface area contributed by atoms with Gasteiger partial charge < -0.3 is 10.2 Å². The molecule has 22 heavy (non-hydrogen) atoms. The van der Waals surface area contributed by atoms with E-state index >= 15 is 0 Å². The highest BCUT2D eigenvalue weighted by molar-refractivity contribution is 8.00. The number of aliphatic imine (C=N–C) groups is 1. The summed E-state index contributed by atoms with van der Waals surface area (Å²) in [6, 6.07) is 0. The average Bonchev–Trinajstić information content (AvgIpc) is 2.85. The van der Waals surface area contributed by atoms with Crippen LogP contribution in [0.15, 0.2) is 4.99 Å². The van der Waals surface area contributed by atoms with E-state index in [1.807, 2.05) is 11.8 Å². The van der Waals surface area contributed by atoms with E-state index in [1.165, 1.54) is 6.42 Å². The summed E-state index contributed by atoms with van der Waals surface area (Å²) in [7, 11) is -3.01. The largest absolute Gasteiger partial charge is 0.357 e. The summed E-state index contributed by atoms with van der Waals surface area (Å²) in [4.78, 5) is 6.96. The normalized spacial score (nSPS) is 26.4. The van der Waals surface area contributed by atoms with E-state index in [4.69, 9.17) is 0 Å². The average molecular weight is 349 g/mol. The Balaban J connectivity index is 1.92. The third-order valence-corrected chi connectivity index (χ3v) is 7.37. The van der Waals surface area contributed by atoms with Crippen LogP contribution < -0.4 is 5.32 Å². The Kier molecular flexibility index (Phi) is 6.83. The SMILES string of the molecule is CCNC(=NCCN1CCCS1(=O)=O)N1CCSC(CC)C1. The number of sulfonamides is 1. The predicted molar refractivity (Wildman–Crippen MR) is 94.1 cm³/mol. The molecule has 1 atom stereocenters. The summed E-state index contributed by atoms with van der Waals surface area (Å²) in [5, 5.41) is 4.01. The van der Waals surface area contributed by atoms with Crippen molar-refractivity contribution in [3.63, 3.8) is 0 Å². The van der Waals surface area contributed by atoms with Crippen LogP contribution in [0.25, 0.3) is 0 Å². The number of hydrogen-bond donors (Lipinski definition) is 1. The van der Waals surface area contributed by atoms with Gasteiger partial charge in [0.25, 0.3) is 0 Å². The molecule has 0 saturated carbocycles. The van der Waals surface area contributed by atoms with Gasteiger partial charge in [0.05, 0.1) is 12.3 Å². The third kappa shape index (κ3) is 4.76. The molecule has 0 aromatic heterocycles. The van der Waals surface area contributed by atoms with Gasteiger partial charge in [-0.2, -0.15) is 11.8 Å². The second-order valence-corrected chi connectivity index (χ2v) is 9.15. The molecule has 1 unspecified atom stereocenters. The van der Waals surface area contributed by atoms with Gasteiger partial charge in [-0.3, -0.25) is 4.99 Å². The quantitative estimate of drug-likeness (QED) is 0.588. The van der Waals surface area contributed by atoms with Gasteiger partial charge in [-0.1, -0.05) is 6.92 Å². The number of nitrogens with zero attached hydrogens (tertiary/aromatic N) is 3. The molecule has 0 aromatic carbocycles. The minimum Gasteiger partial charge on any atom is -0.357 e. The summed E-state index contributed by atoms with van der Waals surface area (Å²) in [6.07, 6.45) is 1.92. The molecule has 0 aromatic rings. The lowest BCUT2D eigenvalue weighted by Crippen LogP contribution is -2.48. The summed E-state index contributed by atoms with van der Waals surface area (Å²) in [5.41, 5.74) is 0. The summed E-state index contributed by atoms with van der Waals surface area (Å²) in [6.45, 7) is 8.83. The maximum atomic E-state index is 11.8. The molecule has 2 fully saturated rings. The first-order valence-corrected chi connectivity index (χ1v) is 10.8. The molecule has 128 valence electrons. The Hall–Kier alpha value is -0.470. The highest BCUT2D eigenvalue weighted by Gasteiger charge is 2.27. The fraction of sp³-hybridized carbons (Fsp3) is 0.929. The second kappa shape index (κ2) is 8.40. The molecule has 0 bridgehead atoms. The van der Waals surface area contributed by atoms with Crippen LogP contribution in [0.2, 0.25) is 0 Å². The van der Waals surface area contributed by atoms with Crippen LogP contribution in [0.5, 0.6) is 0 Å². The molecule has 0 spiro atoms. The number of hydrogen-bond acceptors (Lipinski definition) is 4. The zero-order chi connectivity index (χ0) is 16.0. The maximum Gasteiger partial charge on any atom is 0.214 e. The zero-order valence-corrected chi connectivity index (χ0v) is 15.3. The monoisotopic (exact) mass is 348 g/mol. The molecule has 2 aliphatic heterocycles. The first-order valence-electron chi connectivity index (χ1n) is 8.19. The number of guanidine groups is 1. The lowest BCUT2D eigenvalue weighted by atomic mass is 10.3. The minimum absolute atomic E-state index is 0.290. The Morgan fingerprint density at radius 3 is 2.82 bits per heavy atom. The van der Waals surface area contributed by atoms with Gasteiger partial charge in [0.1, 0.15) is 0 Å². The first-order chi connectivity index (χ1) is 10.6. The van der Waals surface area contributed by atoms with E-state index in [1.54, 1.807) is 4.31 Å². The van der Waals surface area contributed by atoms with Crippen molar-refractivity contribution >= 4 is 27.7 Å². The number of nitrogens with one attached hydrogen (secondary N) is 1. The van der Waals surface area contributed by atoms with Gasteiger partial charge >= 0.3 is 0 Å². The Bertz CT molecular complexity index is 481. The highest BCUT2D eigenvalue weighted by atomic mass is 32.2. The van der Waals surface area contributed by atoms with Gasteiger partial charge in [-0.15, -0.1) is 0 Å². The third-order valence-electron chi connectivity index (χ3n) is 4.04. The molecule has 0 aliphatic carbocycles. The first kappa shape index (κ1) is 17.9. The summed E-state index contributed by atoms with van der Waals surface area (Å²) >= 11 is 2.03. The van der Waals surface area contributed by atoms with Crippen molar-refractivity contribution in [1.29, 1.82) is 0 Å². The van der Waals surface area contributed by atoms with Crippen molar-refractivity contribution in [3.8, 4) is 0 Å². The predicted octanol–water partition coefficient (Wildman–Crippen LogP) is 0.815. The summed E-state index contributed by atoms with van der Waals surface area (Å²) in [5.74, 6) is 2.35. The van der Waals surface area contributed by atoms with Crippen molar-refractivity contribution in [2.45, 2.75) is 31.9 Å². The topological polar surface area (TPSA) is 65.0 Å². The van der Waals surface area contributed by atoms with Crippen molar-refractivity contribution in [3.05, 3.63) is 0 Å². The minimum atomic E-state index is -3.01. The molecule has 2 rings (SSSR count). The summed E-state index contributed by atoms with van der Waals surface area (Å²) < 4.78 is 25.2. The zero-order valence-electron chi connectivity index (χ0n) is 13.6. The molecular formula is C14H28N4O2S2. The van der Waals surface area contributed by atoms with E-state index in [2.05, 4.69) is 29.1 Å². The Morgan fingerprint density at radius 2 is 2.18 bits per heavy atom. The van der Waals surface area contributed by atoms with E-state index in [9.17, 15) is 8.42 Å². The van der Waals surface area contributed by atoms with Crippen LogP contribution in [0.4, 0.5) is 0 Å². The van der Waals surface area contributed by atoms with E-state index < -0.39 is 10.0 Å². The van der Waals surface area contributed by atoms with E-state index in [-0.39, 0.29) is 5.75 Å². The maximum absolute atomic E-state index is 11.8. The molecular weight excluding hydrogens is 320 g/mol. The van der Waals surface area contributed by atoms with Crippen LogP contribution in [0.3, 0.4) is 0 Å². The molecule has 2 saturated heterocycles. The molecule has 2 heterocycles. The van der Waals surface area contributed by atoms with Gasteiger partial charge in [-0.25, -0.2) is 12.7 Å². The van der Waals surface area contributed by atoms with Crippen molar-refractivity contribution in [2.75, 3.05) is 50.8 Å². The number of rotatable bonds is 5. The van der Waals surface area contributed by atoms with Crippen molar-refractivity contribution in [1.82, 2.24) is 14.5 Å². The van der Waals surface area contributed by atoms with E-state index in [0.29, 0.717) is 24.9 Å². The van der Waals surface area contributed by atoms with E-state index in [0.717, 1.165) is 37.8 Å². The molecule has 6 nitrogen and oxygen atoms in total. The fourth-order valence-electron chi connectivity index (χ4n) is 2.79. The van der Waals surface area contributed by atoms with Crippen LogP contribution in [-0.4, -0.2) is 79.6 Å².